The average Bonchev–Trinajstić information content (AvgIpc) is 3.73. The maximum Gasteiger partial charge on any atom is 0.410 e. The van der Waals surface area contributed by atoms with E-state index < -0.39 is 0 Å². The normalized spacial score (nSPS) is 41.4. The van der Waals surface area contributed by atoms with Gasteiger partial charge in [-0.3, -0.25) is 0 Å². The number of hydrogen-bond donors (Lipinski definition) is 0. The first-order valence-corrected chi connectivity index (χ1v) is 13.3. The fourth-order valence-electron chi connectivity index (χ4n) is 7.03. The Morgan fingerprint density at radius 3 is 2.32 bits per heavy atom. The summed E-state index contributed by atoms with van der Waals surface area (Å²) in [6, 6.07) is 0. The van der Waals surface area contributed by atoms with Crippen LogP contribution in [0.3, 0.4) is 0 Å². The highest BCUT2D eigenvalue weighted by molar-refractivity contribution is 5.68. The molecule has 0 N–H and O–H groups in total. The van der Waals surface area contributed by atoms with Gasteiger partial charge in [-0.2, -0.15) is 0 Å². The van der Waals surface area contributed by atoms with Crippen LogP contribution in [0.25, 0.3) is 0 Å². The molecule has 5 rings (SSSR count). The molecule has 1 aliphatic carbocycles. The number of rotatable bonds is 5. The minimum absolute atomic E-state index is 0.0657. The Morgan fingerprint density at radius 1 is 1.09 bits per heavy atom. The molecule has 7 nitrogen and oxygen atoms in total. The predicted molar refractivity (Wildman–Crippen MR) is 130 cm³/mol. The van der Waals surface area contributed by atoms with Gasteiger partial charge >= 0.3 is 6.09 Å². The van der Waals surface area contributed by atoms with Crippen LogP contribution in [0.15, 0.2) is 11.6 Å². The third-order valence-corrected chi connectivity index (χ3v) is 9.62. The lowest BCUT2D eigenvalue weighted by molar-refractivity contribution is -0.123. The molecule has 4 saturated heterocycles. The molecular formula is C27H44N2O5. The van der Waals surface area contributed by atoms with Gasteiger partial charge in [-0.25, -0.2) is 4.79 Å². The summed E-state index contributed by atoms with van der Waals surface area (Å²) in [5.41, 5.74) is 1.23. The van der Waals surface area contributed by atoms with E-state index in [2.05, 4.69) is 38.8 Å². The zero-order valence-corrected chi connectivity index (χ0v) is 21.8. The van der Waals surface area contributed by atoms with Crippen molar-refractivity contribution in [1.29, 1.82) is 0 Å². The summed E-state index contributed by atoms with van der Waals surface area (Å²) in [5.74, 6) is 0.0657. The third kappa shape index (κ3) is 4.54. The number of hydrogen-bond acceptors (Lipinski definition) is 6. The van der Waals surface area contributed by atoms with E-state index in [1.54, 1.807) is 7.11 Å². The van der Waals surface area contributed by atoms with E-state index >= 15 is 0 Å². The molecule has 0 radical (unpaired) electrons. The number of carbonyl (C=O) groups is 1. The van der Waals surface area contributed by atoms with Gasteiger partial charge in [0.25, 0.3) is 0 Å². The summed E-state index contributed by atoms with van der Waals surface area (Å²) in [7, 11) is 3.94. The number of carbonyl (C=O) groups excluding carboxylic acids is 1. The zero-order valence-electron chi connectivity index (χ0n) is 21.8. The molecule has 0 aromatic rings. The molecular weight excluding hydrogens is 432 g/mol. The van der Waals surface area contributed by atoms with Crippen LogP contribution in [0.4, 0.5) is 4.79 Å². The molecule has 5 aliphatic rings. The van der Waals surface area contributed by atoms with E-state index in [1.165, 1.54) is 31.5 Å². The summed E-state index contributed by atoms with van der Waals surface area (Å²) in [5, 5.41) is 0. The van der Waals surface area contributed by atoms with E-state index in [-0.39, 0.29) is 41.5 Å². The Morgan fingerprint density at radius 2 is 1.74 bits per heavy atom. The van der Waals surface area contributed by atoms with Crippen molar-refractivity contribution in [3.8, 4) is 0 Å². The lowest BCUT2D eigenvalue weighted by atomic mass is 9.68. The monoisotopic (exact) mass is 476 g/mol. The van der Waals surface area contributed by atoms with Crippen LogP contribution in [0.5, 0.6) is 0 Å². The fourth-order valence-corrected chi connectivity index (χ4v) is 7.03. The molecule has 2 spiro atoms. The molecule has 6 atom stereocenters. The maximum absolute atomic E-state index is 13.2. The van der Waals surface area contributed by atoms with E-state index in [0.29, 0.717) is 5.41 Å². The molecule has 0 aromatic heterocycles. The highest BCUT2D eigenvalue weighted by Crippen LogP contribution is 2.59. The molecule has 1 saturated carbocycles. The second kappa shape index (κ2) is 9.06. The van der Waals surface area contributed by atoms with Gasteiger partial charge in [-0.05, 0) is 91.3 Å². The van der Waals surface area contributed by atoms with Gasteiger partial charge < -0.3 is 28.7 Å². The number of nitrogens with zero attached hydrogens (tertiary/aromatic N) is 2. The molecule has 1 amide bonds. The van der Waals surface area contributed by atoms with E-state index in [1.807, 2.05) is 4.90 Å². The van der Waals surface area contributed by atoms with E-state index in [0.717, 1.165) is 51.8 Å². The second-order valence-corrected chi connectivity index (χ2v) is 12.1. The Labute approximate surface area is 205 Å². The van der Waals surface area contributed by atoms with E-state index in [4.69, 9.17) is 18.9 Å². The summed E-state index contributed by atoms with van der Waals surface area (Å²) in [6.45, 7) is 11.1. The fraction of sp³-hybridized carbons (Fsp3) is 0.889. The lowest BCUT2D eigenvalue weighted by Gasteiger charge is -2.46. The minimum Gasteiger partial charge on any atom is -0.443 e. The van der Waals surface area contributed by atoms with Gasteiger partial charge in [0.1, 0.15) is 23.4 Å². The molecule has 0 bridgehead atoms. The SMILES string of the molecule is CO[C@H]1C([C@@]2(C)O[C@@H]2CC=C(C)C)[C@]2(CC[C@H]1OC(=O)N1CCC3(CCN(C)CC3)CC1)CO2. The Hall–Kier alpha value is -1.15. The van der Waals surface area contributed by atoms with Gasteiger partial charge in [0, 0.05) is 20.2 Å². The summed E-state index contributed by atoms with van der Waals surface area (Å²) in [4.78, 5) is 17.6. The molecule has 4 heterocycles. The standard InChI is InChI=1S/C27H44N2O5/c1-19(2)6-7-21-25(3,34-21)23-22(31-5)20(8-9-27(23)18-32-27)33-24(30)29-16-12-26(13-17-29)10-14-28(4)15-11-26/h6,20-23H,7-18H2,1-5H3/t20-,21-,22-,23?,25+,27+/m1/s1. The molecule has 1 unspecified atom stereocenters. The number of likely N-dealkylation sites (tertiary alicyclic amines) is 2. The van der Waals surface area contributed by atoms with Crippen molar-refractivity contribution in [2.45, 2.75) is 95.2 Å². The quantitative estimate of drug-likeness (QED) is 0.441. The van der Waals surface area contributed by atoms with Gasteiger partial charge in [-0.1, -0.05) is 11.6 Å². The topological polar surface area (TPSA) is 67.1 Å². The summed E-state index contributed by atoms with van der Waals surface area (Å²) in [6.07, 6.45) is 8.99. The first kappa shape index (κ1) is 24.5. The van der Waals surface area contributed by atoms with Crippen LogP contribution in [-0.2, 0) is 18.9 Å². The largest absolute Gasteiger partial charge is 0.443 e. The van der Waals surface area contributed by atoms with Crippen LogP contribution in [0.1, 0.15) is 65.7 Å². The van der Waals surface area contributed by atoms with Crippen molar-refractivity contribution in [1.82, 2.24) is 9.80 Å². The summed E-state index contributed by atoms with van der Waals surface area (Å²) < 4.78 is 24.5. The third-order valence-electron chi connectivity index (χ3n) is 9.62. The van der Waals surface area contributed by atoms with Crippen LogP contribution in [0, 0.1) is 11.3 Å². The zero-order chi connectivity index (χ0) is 24.1. The number of ether oxygens (including phenoxy) is 4. The Balaban J connectivity index is 1.21. The average molecular weight is 477 g/mol. The molecule has 7 heteroatoms. The Bertz CT molecular complexity index is 789. The number of piperidine rings is 2. The van der Waals surface area contributed by atoms with Crippen LogP contribution in [0.2, 0.25) is 0 Å². The predicted octanol–water partition coefficient (Wildman–Crippen LogP) is 4.01. The number of methoxy groups -OCH3 is 1. The van der Waals surface area contributed by atoms with Gasteiger partial charge in [0.2, 0.25) is 0 Å². The molecule has 192 valence electrons. The smallest absolute Gasteiger partial charge is 0.410 e. The van der Waals surface area contributed by atoms with Crippen molar-refractivity contribution in [3.63, 3.8) is 0 Å². The van der Waals surface area contributed by atoms with Crippen molar-refractivity contribution in [2.75, 3.05) is 46.9 Å². The second-order valence-electron chi connectivity index (χ2n) is 12.1. The lowest BCUT2D eigenvalue weighted by Crippen LogP contribution is -2.56. The van der Waals surface area contributed by atoms with Crippen LogP contribution < -0.4 is 0 Å². The highest BCUT2D eigenvalue weighted by Gasteiger charge is 2.72. The van der Waals surface area contributed by atoms with Crippen LogP contribution in [-0.4, -0.2) is 92.4 Å². The van der Waals surface area contributed by atoms with Crippen molar-refractivity contribution in [3.05, 3.63) is 11.6 Å². The first-order valence-electron chi connectivity index (χ1n) is 13.3. The van der Waals surface area contributed by atoms with Gasteiger partial charge in [-0.15, -0.1) is 0 Å². The molecule has 4 aliphatic heterocycles. The highest BCUT2D eigenvalue weighted by atomic mass is 16.6. The molecule has 5 fully saturated rings. The minimum atomic E-state index is -0.306. The van der Waals surface area contributed by atoms with Gasteiger partial charge in [0.15, 0.2) is 0 Å². The number of epoxide rings is 2. The van der Waals surface area contributed by atoms with Crippen LogP contribution >= 0.6 is 0 Å². The molecule has 34 heavy (non-hydrogen) atoms. The van der Waals surface area contributed by atoms with Crippen molar-refractivity contribution in [2.24, 2.45) is 11.3 Å². The molecule has 0 aromatic carbocycles. The Kier molecular flexibility index (Phi) is 6.54. The first-order chi connectivity index (χ1) is 16.2. The number of allylic oxidation sites excluding steroid dienone is 1. The van der Waals surface area contributed by atoms with Crippen molar-refractivity contribution < 1.29 is 23.7 Å². The number of amides is 1. The van der Waals surface area contributed by atoms with Crippen molar-refractivity contribution >= 4 is 6.09 Å². The van der Waals surface area contributed by atoms with E-state index in [9.17, 15) is 4.79 Å². The summed E-state index contributed by atoms with van der Waals surface area (Å²) >= 11 is 0. The maximum atomic E-state index is 13.2. The van der Waals surface area contributed by atoms with Gasteiger partial charge in [0.05, 0.1) is 18.6 Å².